The molecule has 90 valence electrons. The van der Waals surface area contributed by atoms with Gasteiger partial charge in [0.2, 0.25) is 0 Å². The largest absolute Gasteiger partial charge is 0.452 e. The van der Waals surface area contributed by atoms with Crippen molar-refractivity contribution >= 4 is 5.97 Å². The van der Waals surface area contributed by atoms with Crippen molar-refractivity contribution in [2.24, 2.45) is 0 Å². The smallest absolute Gasteiger partial charge is 0.306 e. The second-order valence-electron chi connectivity index (χ2n) is 4.22. The molecule has 1 aliphatic rings. The molecule has 1 aromatic carbocycles. The van der Waals surface area contributed by atoms with Crippen LogP contribution in [0.4, 0.5) is 0 Å². The highest BCUT2D eigenvalue weighted by atomic mass is 16.6. The predicted molar refractivity (Wildman–Crippen MR) is 64.4 cm³/mol. The Labute approximate surface area is 101 Å². The zero-order valence-corrected chi connectivity index (χ0v) is 9.72. The average molecular weight is 232 g/mol. The van der Waals surface area contributed by atoms with Crippen molar-refractivity contribution < 1.29 is 14.3 Å². The first-order chi connectivity index (χ1) is 8.24. The summed E-state index contributed by atoms with van der Waals surface area (Å²) in [5.74, 6) is -0.173. The Bertz CT molecular complexity index is 399. The molecule has 0 spiro atoms. The predicted octanol–water partition coefficient (Wildman–Crippen LogP) is 2.47. The lowest BCUT2D eigenvalue weighted by Crippen LogP contribution is -2.31. The van der Waals surface area contributed by atoms with Crippen molar-refractivity contribution in [2.75, 3.05) is 6.61 Å². The first-order valence-electron chi connectivity index (χ1n) is 5.71. The number of carbonyl (C=O) groups is 1. The molecule has 0 unspecified atom stereocenters. The summed E-state index contributed by atoms with van der Waals surface area (Å²) < 4.78 is 10.9. The van der Waals surface area contributed by atoms with Crippen LogP contribution in [0.15, 0.2) is 43.0 Å². The third-order valence-electron chi connectivity index (χ3n) is 2.90. The summed E-state index contributed by atoms with van der Waals surface area (Å²) >= 11 is 0. The van der Waals surface area contributed by atoms with Gasteiger partial charge in [0.05, 0.1) is 13.2 Å². The zero-order chi connectivity index (χ0) is 12.1. The Morgan fingerprint density at radius 2 is 2.18 bits per heavy atom. The van der Waals surface area contributed by atoms with E-state index in [2.05, 4.69) is 6.58 Å². The third kappa shape index (κ3) is 2.94. The molecule has 17 heavy (non-hydrogen) atoms. The molecule has 1 aliphatic heterocycles. The molecule has 3 heteroatoms. The van der Waals surface area contributed by atoms with Crippen LogP contribution in [0.3, 0.4) is 0 Å². The molecule has 1 heterocycles. The maximum atomic E-state index is 11.1. The molecular formula is C14H16O3. The molecular weight excluding hydrogens is 216 g/mol. The van der Waals surface area contributed by atoms with E-state index in [0.717, 1.165) is 5.56 Å². The molecule has 3 nitrogen and oxygen atoms in total. The minimum Gasteiger partial charge on any atom is -0.452 e. The minimum absolute atomic E-state index is 0.173. The van der Waals surface area contributed by atoms with Crippen molar-refractivity contribution in [3.8, 4) is 0 Å². The molecule has 1 atom stereocenters. The molecule has 0 N–H and O–H groups in total. The van der Waals surface area contributed by atoms with E-state index in [1.165, 1.54) is 0 Å². The standard InChI is InChI=1S/C14H16O3/c1-2-14(9-8-13(15)17-14)11-16-10-12-6-4-3-5-7-12/h2-7H,1,8-11H2/t14-/m0/s1. The van der Waals surface area contributed by atoms with Gasteiger partial charge in [-0.1, -0.05) is 36.9 Å². The summed E-state index contributed by atoms with van der Waals surface area (Å²) in [5, 5.41) is 0. The van der Waals surface area contributed by atoms with E-state index in [9.17, 15) is 4.79 Å². The van der Waals surface area contributed by atoms with Gasteiger partial charge in [-0.2, -0.15) is 0 Å². The maximum absolute atomic E-state index is 11.1. The van der Waals surface area contributed by atoms with Gasteiger partial charge in [0.25, 0.3) is 0 Å². The van der Waals surface area contributed by atoms with Crippen LogP contribution in [0, 0.1) is 0 Å². The van der Waals surface area contributed by atoms with E-state index in [1.54, 1.807) is 6.08 Å². The summed E-state index contributed by atoms with van der Waals surface area (Å²) in [6.07, 6.45) is 2.77. The summed E-state index contributed by atoms with van der Waals surface area (Å²) in [4.78, 5) is 11.1. The number of hydrogen-bond donors (Lipinski definition) is 0. The van der Waals surface area contributed by atoms with E-state index in [-0.39, 0.29) is 5.97 Å². The molecule has 1 saturated heterocycles. The second kappa shape index (κ2) is 5.15. The van der Waals surface area contributed by atoms with Crippen molar-refractivity contribution in [2.45, 2.75) is 25.0 Å². The van der Waals surface area contributed by atoms with Crippen LogP contribution in [-0.2, 0) is 20.9 Å². The van der Waals surface area contributed by atoms with Crippen LogP contribution in [0.5, 0.6) is 0 Å². The van der Waals surface area contributed by atoms with Gasteiger partial charge in [-0.05, 0) is 11.6 Å². The van der Waals surface area contributed by atoms with Crippen LogP contribution in [0.1, 0.15) is 18.4 Å². The number of esters is 1. The van der Waals surface area contributed by atoms with E-state index in [4.69, 9.17) is 9.47 Å². The number of carbonyl (C=O) groups excluding carboxylic acids is 1. The molecule has 0 aromatic heterocycles. The summed E-state index contributed by atoms with van der Waals surface area (Å²) in [5.41, 5.74) is 0.488. The molecule has 0 saturated carbocycles. The second-order valence-corrected chi connectivity index (χ2v) is 4.22. The van der Waals surface area contributed by atoms with Crippen LogP contribution >= 0.6 is 0 Å². The highest BCUT2D eigenvalue weighted by molar-refractivity contribution is 5.72. The normalized spacial score (nSPS) is 23.4. The van der Waals surface area contributed by atoms with Gasteiger partial charge in [-0.3, -0.25) is 4.79 Å². The first kappa shape index (κ1) is 11.9. The molecule has 1 aromatic rings. The number of benzene rings is 1. The fourth-order valence-corrected chi connectivity index (χ4v) is 1.86. The lowest BCUT2D eigenvalue weighted by molar-refractivity contribution is -0.149. The van der Waals surface area contributed by atoms with Gasteiger partial charge >= 0.3 is 5.97 Å². The topological polar surface area (TPSA) is 35.5 Å². The average Bonchev–Trinajstić information content (AvgIpc) is 2.73. The van der Waals surface area contributed by atoms with Crippen LogP contribution in [0.25, 0.3) is 0 Å². The Morgan fingerprint density at radius 1 is 1.41 bits per heavy atom. The lowest BCUT2D eigenvalue weighted by atomic mass is 10.0. The van der Waals surface area contributed by atoms with Gasteiger partial charge in [0.15, 0.2) is 5.60 Å². The van der Waals surface area contributed by atoms with Crippen molar-refractivity contribution in [3.63, 3.8) is 0 Å². The van der Waals surface area contributed by atoms with Gasteiger partial charge in [0.1, 0.15) is 0 Å². The van der Waals surface area contributed by atoms with Crippen molar-refractivity contribution in [1.82, 2.24) is 0 Å². The summed E-state index contributed by atoms with van der Waals surface area (Å²) in [6.45, 7) is 4.61. The SMILES string of the molecule is C=C[C@@]1(COCc2ccccc2)CCC(=O)O1. The van der Waals surface area contributed by atoms with Crippen LogP contribution in [-0.4, -0.2) is 18.2 Å². The molecule has 2 rings (SSSR count). The Kier molecular flexibility index (Phi) is 3.59. The molecule has 0 radical (unpaired) electrons. The van der Waals surface area contributed by atoms with Gasteiger partial charge < -0.3 is 9.47 Å². The number of hydrogen-bond acceptors (Lipinski definition) is 3. The molecule has 0 bridgehead atoms. The van der Waals surface area contributed by atoms with Gasteiger partial charge in [0, 0.05) is 12.8 Å². The van der Waals surface area contributed by atoms with E-state index < -0.39 is 5.60 Å². The van der Waals surface area contributed by atoms with Crippen LogP contribution < -0.4 is 0 Å². The minimum atomic E-state index is -0.619. The van der Waals surface area contributed by atoms with Gasteiger partial charge in [-0.25, -0.2) is 0 Å². The van der Waals surface area contributed by atoms with E-state index >= 15 is 0 Å². The highest BCUT2D eigenvalue weighted by Crippen LogP contribution is 2.28. The molecule has 0 amide bonds. The number of cyclic esters (lactones) is 1. The maximum Gasteiger partial charge on any atom is 0.306 e. The Hall–Kier alpha value is -1.61. The van der Waals surface area contributed by atoms with Crippen molar-refractivity contribution in [3.05, 3.63) is 48.6 Å². The molecule has 0 aliphatic carbocycles. The van der Waals surface area contributed by atoms with E-state index in [0.29, 0.717) is 26.1 Å². The quantitative estimate of drug-likeness (QED) is 0.578. The molecule has 1 fully saturated rings. The Morgan fingerprint density at radius 3 is 2.76 bits per heavy atom. The number of rotatable bonds is 5. The third-order valence-corrected chi connectivity index (χ3v) is 2.90. The van der Waals surface area contributed by atoms with E-state index in [1.807, 2.05) is 30.3 Å². The Balaban J connectivity index is 1.85. The zero-order valence-electron chi connectivity index (χ0n) is 9.72. The first-order valence-corrected chi connectivity index (χ1v) is 5.71. The van der Waals surface area contributed by atoms with Gasteiger partial charge in [-0.15, -0.1) is 0 Å². The lowest BCUT2D eigenvalue weighted by Gasteiger charge is -2.23. The fourth-order valence-electron chi connectivity index (χ4n) is 1.86. The summed E-state index contributed by atoms with van der Waals surface area (Å²) in [6, 6.07) is 9.91. The highest BCUT2D eigenvalue weighted by Gasteiger charge is 2.37. The monoisotopic (exact) mass is 232 g/mol. The van der Waals surface area contributed by atoms with Crippen molar-refractivity contribution in [1.29, 1.82) is 0 Å². The van der Waals surface area contributed by atoms with Crippen LogP contribution in [0.2, 0.25) is 0 Å². The summed E-state index contributed by atoms with van der Waals surface area (Å²) in [7, 11) is 0. The number of ether oxygens (including phenoxy) is 2. The fraction of sp³-hybridized carbons (Fsp3) is 0.357.